The Balaban J connectivity index is 5.15. The van der Waals surface area contributed by atoms with Crippen molar-refractivity contribution in [2.24, 2.45) is 5.41 Å². The summed E-state index contributed by atoms with van der Waals surface area (Å²) >= 11 is 0. The zero-order valence-electron chi connectivity index (χ0n) is 10.7. The van der Waals surface area contributed by atoms with Crippen molar-refractivity contribution in [3.8, 4) is 0 Å². The smallest absolute Gasteiger partial charge is 0.323 e. The van der Waals surface area contributed by atoms with E-state index >= 15 is 0 Å². The molecule has 0 fully saturated rings. The Labute approximate surface area is 102 Å². The Morgan fingerprint density at radius 1 is 1.24 bits per heavy atom. The van der Waals surface area contributed by atoms with Gasteiger partial charge in [-0.05, 0) is 26.2 Å². The summed E-state index contributed by atoms with van der Waals surface area (Å²) in [6.07, 6.45) is 6.46. The third-order valence-corrected chi connectivity index (χ3v) is 2.62. The van der Waals surface area contributed by atoms with Gasteiger partial charge >= 0.3 is 11.9 Å². The standard InChI is InChI=1S/C13H20O4/c1-5-7-8-10-13(9-6-2,11(14)16-3)12(15)17-4/h5-7H,2,8-10H2,1,3-4H3/b7-5+. The molecule has 0 saturated carbocycles. The molecule has 0 amide bonds. The van der Waals surface area contributed by atoms with Crippen molar-refractivity contribution in [3.05, 3.63) is 24.8 Å². The first-order chi connectivity index (χ1) is 8.08. The number of rotatable bonds is 7. The van der Waals surface area contributed by atoms with Gasteiger partial charge in [-0.15, -0.1) is 6.58 Å². The first-order valence-corrected chi connectivity index (χ1v) is 5.48. The van der Waals surface area contributed by atoms with Gasteiger partial charge in [0.15, 0.2) is 5.41 Å². The van der Waals surface area contributed by atoms with E-state index in [0.717, 1.165) is 0 Å². The van der Waals surface area contributed by atoms with E-state index in [4.69, 9.17) is 9.47 Å². The topological polar surface area (TPSA) is 52.6 Å². The van der Waals surface area contributed by atoms with Gasteiger partial charge in [0.25, 0.3) is 0 Å². The molecule has 0 rings (SSSR count). The van der Waals surface area contributed by atoms with Crippen LogP contribution in [0.4, 0.5) is 0 Å². The van der Waals surface area contributed by atoms with Crippen molar-refractivity contribution in [3.63, 3.8) is 0 Å². The molecule has 0 bridgehead atoms. The van der Waals surface area contributed by atoms with E-state index in [-0.39, 0.29) is 6.42 Å². The second-order valence-corrected chi connectivity index (χ2v) is 3.67. The summed E-state index contributed by atoms with van der Waals surface area (Å²) in [4.78, 5) is 23.6. The highest BCUT2D eigenvalue weighted by molar-refractivity contribution is 6.00. The van der Waals surface area contributed by atoms with E-state index in [0.29, 0.717) is 12.8 Å². The molecule has 0 heterocycles. The van der Waals surface area contributed by atoms with Crippen LogP contribution in [0, 0.1) is 5.41 Å². The quantitative estimate of drug-likeness (QED) is 0.389. The van der Waals surface area contributed by atoms with Gasteiger partial charge in [-0.2, -0.15) is 0 Å². The molecule has 4 nitrogen and oxygen atoms in total. The van der Waals surface area contributed by atoms with Crippen LogP contribution in [0.2, 0.25) is 0 Å². The zero-order valence-corrected chi connectivity index (χ0v) is 10.7. The minimum atomic E-state index is -1.27. The fourth-order valence-corrected chi connectivity index (χ4v) is 1.69. The van der Waals surface area contributed by atoms with Gasteiger partial charge in [0.1, 0.15) is 0 Å². The minimum absolute atomic E-state index is 0.212. The van der Waals surface area contributed by atoms with E-state index in [2.05, 4.69) is 6.58 Å². The fourth-order valence-electron chi connectivity index (χ4n) is 1.69. The maximum Gasteiger partial charge on any atom is 0.323 e. The minimum Gasteiger partial charge on any atom is -0.468 e. The first kappa shape index (κ1) is 15.4. The molecule has 0 atom stereocenters. The predicted molar refractivity (Wildman–Crippen MR) is 65.3 cm³/mol. The number of methoxy groups -OCH3 is 2. The van der Waals surface area contributed by atoms with Gasteiger partial charge in [0.05, 0.1) is 14.2 Å². The highest BCUT2D eigenvalue weighted by Crippen LogP contribution is 2.32. The molecule has 17 heavy (non-hydrogen) atoms. The van der Waals surface area contributed by atoms with E-state index < -0.39 is 17.4 Å². The highest BCUT2D eigenvalue weighted by Gasteiger charge is 2.46. The number of allylic oxidation sites excluding steroid dienone is 3. The average Bonchev–Trinajstić information content (AvgIpc) is 2.35. The molecule has 4 heteroatoms. The maximum absolute atomic E-state index is 11.8. The number of hydrogen-bond donors (Lipinski definition) is 0. The van der Waals surface area contributed by atoms with Crippen LogP contribution in [0.1, 0.15) is 26.2 Å². The molecule has 0 aliphatic carbocycles. The van der Waals surface area contributed by atoms with Crippen molar-refractivity contribution >= 4 is 11.9 Å². The summed E-state index contributed by atoms with van der Waals surface area (Å²) < 4.78 is 9.42. The Bertz CT molecular complexity index is 289. The van der Waals surface area contributed by atoms with Crippen molar-refractivity contribution < 1.29 is 19.1 Å². The highest BCUT2D eigenvalue weighted by atomic mass is 16.5. The number of esters is 2. The normalized spacial score (nSPS) is 11.2. The molecule has 0 unspecified atom stereocenters. The lowest BCUT2D eigenvalue weighted by Gasteiger charge is -2.26. The third kappa shape index (κ3) is 3.73. The maximum atomic E-state index is 11.8. The van der Waals surface area contributed by atoms with E-state index in [1.165, 1.54) is 20.3 Å². The van der Waals surface area contributed by atoms with Crippen molar-refractivity contribution in [1.82, 2.24) is 0 Å². The van der Waals surface area contributed by atoms with Crippen molar-refractivity contribution in [2.45, 2.75) is 26.2 Å². The molecule has 0 saturated heterocycles. The molecule has 0 spiro atoms. The Hall–Kier alpha value is -1.58. The lowest BCUT2D eigenvalue weighted by Crippen LogP contribution is -2.40. The second kappa shape index (κ2) is 7.65. The molecule has 0 aliphatic heterocycles. The molecule has 96 valence electrons. The SMILES string of the molecule is C=CCC(CC/C=C/C)(C(=O)OC)C(=O)OC. The van der Waals surface area contributed by atoms with Gasteiger partial charge in [0, 0.05) is 0 Å². The van der Waals surface area contributed by atoms with E-state index in [9.17, 15) is 9.59 Å². The molecule has 0 aliphatic rings. The van der Waals surface area contributed by atoms with Crippen LogP contribution in [0.15, 0.2) is 24.8 Å². The van der Waals surface area contributed by atoms with Crippen LogP contribution in [-0.2, 0) is 19.1 Å². The van der Waals surface area contributed by atoms with Crippen LogP contribution >= 0.6 is 0 Å². The summed E-state index contributed by atoms with van der Waals surface area (Å²) in [6, 6.07) is 0. The largest absolute Gasteiger partial charge is 0.468 e. The monoisotopic (exact) mass is 240 g/mol. The predicted octanol–water partition coefficient (Wildman–Crippen LogP) is 2.25. The van der Waals surface area contributed by atoms with Crippen LogP contribution in [0.5, 0.6) is 0 Å². The van der Waals surface area contributed by atoms with Crippen LogP contribution in [0.25, 0.3) is 0 Å². The lowest BCUT2D eigenvalue weighted by molar-refractivity contribution is -0.169. The molecule has 0 N–H and O–H groups in total. The summed E-state index contributed by atoms with van der Waals surface area (Å²) in [5.41, 5.74) is -1.27. The van der Waals surface area contributed by atoms with Gasteiger partial charge in [-0.25, -0.2) is 0 Å². The molecular formula is C13H20O4. The summed E-state index contributed by atoms with van der Waals surface area (Å²) in [5.74, 6) is -1.15. The molecule has 0 aromatic carbocycles. The van der Waals surface area contributed by atoms with Crippen molar-refractivity contribution in [1.29, 1.82) is 0 Å². The van der Waals surface area contributed by atoms with Gasteiger partial charge in [-0.3, -0.25) is 9.59 Å². The number of hydrogen-bond acceptors (Lipinski definition) is 4. The van der Waals surface area contributed by atoms with E-state index in [1.54, 1.807) is 0 Å². The van der Waals surface area contributed by atoms with Gasteiger partial charge < -0.3 is 9.47 Å². The second-order valence-electron chi connectivity index (χ2n) is 3.67. The van der Waals surface area contributed by atoms with Crippen LogP contribution in [0.3, 0.4) is 0 Å². The number of carbonyl (C=O) groups is 2. The molecule has 0 aromatic rings. The molecule has 0 aromatic heterocycles. The van der Waals surface area contributed by atoms with Crippen LogP contribution in [-0.4, -0.2) is 26.2 Å². The number of ether oxygens (including phenoxy) is 2. The third-order valence-electron chi connectivity index (χ3n) is 2.62. The molecule has 0 radical (unpaired) electrons. The average molecular weight is 240 g/mol. The summed E-state index contributed by atoms with van der Waals surface area (Å²) in [5, 5.41) is 0. The summed E-state index contributed by atoms with van der Waals surface area (Å²) in [6.45, 7) is 5.45. The van der Waals surface area contributed by atoms with E-state index in [1.807, 2.05) is 19.1 Å². The fraction of sp³-hybridized carbons (Fsp3) is 0.538. The lowest BCUT2D eigenvalue weighted by atomic mass is 9.80. The van der Waals surface area contributed by atoms with Gasteiger partial charge in [0.2, 0.25) is 0 Å². The zero-order chi connectivity index (χ0) is 13.3. The Morgan fingerprint density at radius 3 is 2.12 bits per heavy atom. The Morgan fingerprint density at radius 2 is 1.76 bits per heavy atom. The first-order valence-electron chi connectivity index (χ1n) is 5.48. The van der Waals surface area contributed by atoms with Crippen molar-refractivity contribution in [2.75, 3.05) is 14.2 Å². The van der Waals surface area contributed by atoms with Crippen LogP contribution < -0.4 is 0 Å². The number of carbonyl (C=O) groups excluding carboxylic acids is 2. The Kier molecular flexibility index (Phi) is 6.94. The summed E-state index contributed by atoms with van der Waals surface area (Å²) in [7, 11) is 2.53. The molecular weight excluding hydrogens is 220 g/mol. The van der Waals surface area contributed by atoms with Gasteiger partial charge in [-0.1, -0.05) is 18.2 Å².